The molecule has 0 bridgehead atoms. The number of esters is 1. The van der Waals surface area contributed by atoms with E-state index in [1.807, 2.05) is 11.9 Å². The zero-order valence-corrected chi connectivity index (χ0v) is 7.84. The zero-order valence-electron chi connectivity index (χ0n) is 7.08. The van der Waals surface area contributed by atoms with Crippen LogP contribution in [0.4, 0.5) is 5.69 Å². The fourth-order valence-electron chi connectivity index (χ4n) is 1.30. The molecule has 13 heavy (non-hydrogen) atoms. The zero-order chi connectivity index (χ0) is 9.42. The number of ether oxygens (including phenoxy) is 1. The van der Waals surface area contributed by atoms with Gasteiger partial charge in [-0.15, -0.1) is 0 Å². The van der Waals surface area contributed by atoms with Crippen LogP contribution in [-0.2, 0) is 4.74 Å². The van der Waals surface area contributed by atoms with Crippen molar-refractivity contribution < 1.29 is 9.53 Å². The van der Waals surface area contributed by atoms with E-state index in [1.165, 1.54) is 0 Å². The molecule has 1 aromatic carbocycles. The van der Waals surface area contributed by atoms with E-state index in [1.54, 1.807) is 18.2 Å². The van der Waals surface area contributed by atoms with E-state index < -0.39 is 0 Å². The molecule has 0 aromatic heterocycles. The summed E-state index contributed by atoms with van der Waals surface area (Å²) in [5, 5.41) is 0.625. The third-order valence-electron chi connectivity index (χ3n) is 1.98. The first-order valence-corrected chi connectivity index (χ1v) is 4.24. The fourth-order valence-corrected chi connectivity index (χ4v) is 1.46. The smallest absolute Gasteiger partial charge is 0.341 e. The van der Waals surface area contributed by atoms with Crippen LogP contribution in [0.2, 0.25) is 5.02 Å². The summed E-state index contributed by atoms with van der Waals surface area (Å²) in [5.74, 6) is -0.287. The summed E-state index contributed by atoms with van der Waals surface area (Å²) >= 11 is 5.81. The largest absolute Gasteiger partial charge is 0.441 e. The van der Waals surface area contributed by atoms with Crippen molar-refractivity contribution in [3.05, 3.63) is 28.8 Å². The summed E-state index contributed by atoms with van der Waals surface area (Å²) in [7, 11) is 1.85. The monoisotopic (exact) mass is 197 g/mol. The number of benzene rings is 1. The highest BCUT2D eigenvalue weighted by molar-refractivity contribution is 6.31. The Labute approximate surface area is 80.9 Å². The van der Waals surface area contributed by atoms with E-state index in [2.05, 4.69) is 0 Å². The maximum atomic E-state index is 11.3. The van der Waals surface area contributed by atoms with Gasteiger partial charge >= 0.3 is 5.97 Å². The molecular formula is C9H8ClNO2. The SMILES string of the molecule is CN1COC(=O)c2ccc(Cl)cc21. The predicted molar refractivity (Wildman–Crippen MR) is 50.1 cm³/mol. The normalized spacial score (nSPS) is 15.2. The van der Waals surface area contributed by atoms with Gasteiger partial charge in [0.2, 0.25) is 0 Å². The van der Waals surface area contributed by atoms with Gasteiger partial charge in [0.1, 0.15) is 0 Å². The number of halogens is 1. The Hall–Kier alpha value is -1.22. The van der Waals surface area contributed by atoms with Crippen LogP contribution in [0.3, 0.4) is 0 Å². The van der Waals surface area contributed by atoms with Crippen LogP contribution in [-0.4, -0.2) is 19.7 Å². The molecule has 1 aliphatic heterocycles. The number of hydrogen-bond acceptors (Lipinski definition) is 3. The molecule has 0 atom stereocenters. The van der Waals surface area contributed by atoms with Gasteiger partial charge < -0.3 is 9.64 Å². The van der Waals surface area contributed by atoms with Crippen molar-refractivity contribution in [3.63, 3.8) is 0 Å². The van der Waals surface area contributed by atoms with E-state index in [9.17, 15) is 4.79 Å². The van der Waals surface area contributed by atoms with E-state index in [-0.39, 0.29) is 12.7 Å². The number of cyclic esters (lactones) is 1. The molecule has 0 radical (unpaired) electrons. The van der Waals surface area contributed by atoms with E-state index in [0.29, 0.717) is 10.6 Å². The minimum atomic E-state index is -0.287. The fraction of sp³-hybridized carbons (Fsp3) is 0.222. The Balaban J connectivity index is 2.57. The van der Waals surface area contributed by atoms with Crippen LogP contribution in [0.1, 0.15) is 10.4 Å². The highest BCUT2D eigenvalue weighted by Crippen LogP contribution is 2.27. The number of fused-ring (bicyclic) bond motifs is 1. The second kappa shape index (κ2) is 2.92. The Bertz CT molecular complexity index is 365. The van der Waals surface area contributed by atoms with Gasteiger partial charge in [0.25, 0.3) is 0 Å². The average molecular weight is 198 g/mol. The van der Waals surface area contributed by atoms with Gasteiger partial charge in [0, 0.05) is 12.1 Å². The summed E-state index contributed by atoms with van der Waals surface area (Å²) in [6, 6.07) is 5.12. The van der Waals surface area contributed by atoms with Crippen molar-refractivity contribution in [2.45, 2.75) is 0 Å². The summed E-state index contributed by atoms with van der Waals surface area (Å²) in [4.78, 5) is 13.1. The minimum absolute atomic E-state index is 0.284. The van der Waals surface area contributed by atoms with Crippen LogP contribution in [0.5, 0.6) is 0 Å². The van der Waals surface area contributed by atoms with Crippen LogP contribution in [0.25, 0.3) is 0 Å². The van der Waals surface area contributed by atoms with Gasteiger partial charge in [-0.05, 0) is 18.2 Å². The Kier molecular flexibility index (Phi) is 1.88. The Morgan fingerprint density at radius 3 is 3.08 bits per heavy atom. The molecule has 0 unspecified atom stereocenters. The molecule has 4 heteroatoms. The summed E-state index contributed by atoms with van der Waals surface area (Å²) in [6.45, 7) is 0.284. The summed E-state index contributed by atoms with van der Waals surface area (Å²) in [6.07, 6.45) is 0. The number of carbonyl (C=O) groups excluding carboxylic acids is 1. The first-order valence-electron chi connectivity index (χ1n) is 3.86. The standard InChI is InChI=1S/C9H8ClNO2/c1-11-5-13-9(12)7-3-2-6(10)4-8(7)11/h2-4H,5H2,1H3. The summed E-state index contributed by atoms with van der Waals surface area (Å²) < 4.78 is 4.90. The highest BCUT2D eigenvalue weighted by atomic mass is 35.5. The van der Waals surface area contributed by atoms with Crippen LogP contribution in [0.15, 0.2) is 18.2 Å². The average Bonchev–Trinajstić information content (AvgIpc) is 2.12. The van der Waals surface area contributed by atoms with Crippen molar-refractivity contribution in [2.24, 2.45) is 0 Å². The van der Waals surface area contributed by atoms with Crippen molar-refractivity contribution in [2.75, 3.05) is 18.7 Å². The second-order valence-corrected chi connectivity index (χ2v) is 3.36. The molecule has 1 heterocycles. The van der Waals surface area contributed by atoms with Gasteiger partial charge in [0.05, 0.1) is 11.3 Å². The molecule has 2 rings (SSSR count). The predicted octanol–water partition coefficient (Wildman–Crippen LogP) is 1.90. The second-order valence-electron chi connectivity index (χ2n) is 2.92. The Morgan fingerprint density at radius 2 is 2.31 bits per heavy atom. The van der Waals surface area contributed by atoms with Crippen LogP contribution < -0.4 is 4.90 Å². The number of nitrogens with zero attached hydrogens (tertiary/aromatic N) is 1. The molecular weight excluding hydrogens is 190 g/mol. The van der Waals surface area contributed by atoms with Gasteiger partial charge in [-0.25, -0.2) is 4.79 Å². The van der Waals surface area contributed by atoms with Gasteiger partial charge in [0.15, 0.2) is 6.73 Å². The number of anilines is 1. The van der Waals surface area contributed by atoms with Crippen LogP contribution in [0, 0.1) is 0 Å². The lowest BCUT2D eigenvalue weighted by Crippen LogP contribution is -2.30. The molecule has 0 fully saturated rings. The lowest BCUT2D eigenvalue weighted by atomic mass is 10.1. The molecule has 0 N–H and O–H groups in total. The molecule has 1 aromatic rings. The van der Waals surface area contributed by atoms with E-state index in [4.69, 9.17) is 16.3 Å². The molecule has 1 aliphatic rings. The quantitative estimate of drug-likeness (QED) is 0.595. The maximum Gasteiger partial charge on any atom is 0.341 e. The first-order chi connectivity index (χ1) is 6.18. The third kappa shape index (κ3) is 1.35. The highest BCUT2D eigenvalue weighted by Gasteiger charge is 2.21. The molecule has 68 valence electrons. The molecule has 0 amide bonds. The molecule has 0 aliphatic carbocycles. The lowest BCUT2D eigenvalue weighted by Gasteiger charge is -2.26. The lowest BCUT2D eigenvalue weighted by molar-refractivity contribution is 0.0487. The molecule has 0 saturated carbocycles. The molecule has 0 saturated heterocycles. The minimum Gasteiger partial charge on any atom is -0.441 e. The number of carbonyl (C=O) groups is 1. The van der Waals surface area contributed by atoms with E-state index >= 15 is 0 Å². The topological polar surface area (TPSA) is 29.5 Å². The van der Waals surface area contributed by atoms with E-state index in [0.717, 1.165) is 5.69 Å². The Morgan fingerprint density at radius 1 is 1.54 bits per heavy atom. The van der Waals surface area contributed by atoms with Gasteiger partial charge in [-0.1, -0.05) is 11.6 Å². The molecule has 3 nitrogen and oxygen atoms in total. The van der Waals surface area contributed by atoms with Crippen molar-refractivity contribution in [1.82, 2.24) is 0 Å². The number of hydrogen-bond donors (Lipinski definition) is 0. The van der Waals surface area contributed by atoms with Gasteiger partial charge in [-0.2, -0.15) is 0 Å². The van der Waals surface area contributed by atoms with Crippen LogP contribution >= 0.6 is 11.6 Å². The van der Waals surface area contributed by atoms with Crippen molar-refractivity contribution in [1.29, 1.82) is 0 Å². The number of rotatable bonds is 0. The summed E-state index contributed by atoms with van der Waals surface area (Å²) in [5.41, 5.74) is 1.39. The van der Waals surface area contributed by atoms with Crippen molar-refractivity contribution >= 4 is 23.3 Å². The first kappa shape index (κ1) is 8.38. The maximum absolute atomic E-state index is 11.3. The molecule has 0 spiro atoms. The van der Waals surface area contributed by atoms with Crippen molar-refractivity contribution in [3.8, 4) is 0 Å². The third-order valence-corrected chi connectivity index (χ3v) is 2.22. The van der Waals surface area contributed by atoms with Gasteiger partial charge in [-0.3, -0.25) is 0 Å².